The molecule has 0 radical (unpaired) electrons. The molecule has 2 aromatic carbocycles. The van der Waals surface area contributed by atoms with Gasteiger partial charge in [-0.3, -0.25) is 0 Å². The van der Waals surface area contributed by atoms with Gasteiger partial charge in [-0.15, -0.1) is 0 Å². The lowest BCUT2D eigenvalue weighted by molar-refractivity contribution is 0.748. The molecular formula is C21H25N. The topological polar surface area (TPSA) is 12.0 Å². The fourth-order valence-corrected chi connectivity index (χ4v) is 2.60. The minimum absolute atomic E-state index is 0.246. The van der Waals surface area contributed by atoms with Crippen LogP contribution in [0, 0.1) is 13.8 Å². The van der Waals surface area contributed by atoms with Crippen LogP contribution < -0.4 is 5.32 Å². The summed E-state index contributed by atoms with van der Waals surface area (Å²) in [6.45, 7) is 8.26. The first-order chi connectivity index (χ1) is 10.7. The lowest BCUT2D eigenvalue weighted by Gasteiger charge is -2.20. The van der Waals surface area contributed by atoms with Crippen molar-refractivity contribution in [3.63, 3.8) is 0 Å². The Bertz CT molecular complexity index is 680. The van der Waals surface area contributed by atoms with E-state index in [2.05, 4.69) is 79.8 Å². The molecule has 0 aliphatic carbocycles. The van der Waals surface area contributed by atoms with Gasteiger partial charge in [-0.05, 0) is 48.9 Å². The summed E-state index contributed by atoms with van der Waals surface area (Å²) >= 11 is 0. The minimum atomic E-state index is 0.246. The summed E-state index contributed by atoms with van der Waals surface area (Å²) in [4.78, 5) is 0. The molecular weight excluding hydrogens is 266 g/mol. The van der Waals surface area contributed by atoms with Gasteiger partial charge < -0.3 is 5.32 Å². The fourth-order valence-electron chi connectivity index (χ4n) is 2.60. The molecule has 1 heteroatoms. The van der Waals surface area contributed by atoms with Crippen LogP contribution in [-0.4, -0.2) is 0 Å². The summed E-state index contributed by atoms with van der Waals surface area (Å²) in [5, 5.41) is 3.42. The van der Waals surface area contributed by atoms with Crippen LogP contribution in [0.1, 0.15) is 42.1 Å². The Morgan fingerprint density at radius 3 is 2.23 bits per heavy atom. The van der Waals surface area contributed by atoms with E-state index in [0.29, 0.717) is 0 Å². The van der Waals surface area contributed by atoms with Crippen molar-refractivity contribution in [2.75, 3.05) is 0 Å². The van der Waals surface area contributed by atoms with E-state index in [-0.39, 0.29) is 6.04 Å². The number of nitrogens with one attached hydrogen (secondary N) is 1. The molecule has 0 saturated heterocycles. The molecule has 1 atom stereocenters. The summed E-state index contributed by atoms with van der Waals surface area (Å²) in [6, 6.07) is 17.6. The monoisotopic (exact) mass is 291 g/mol. The molecule has 114 valence electrons. The molecule has 1 heterocycles. The van der Waals surface area contributed by atoms with Crippen LogP contribution in [0.15, 0.2) is 66.9 Å². The van der Waals surface area contributed by atoms with Crippen LogP contribution in [0.4, 0.5) is 0 Å². The fraction of sp³-hybridized carbons (Fsp3) is 0.238. The highest BCUT2D eigenvalue weighted by atomic mass is 14.9. The second-order valence-electron chi connectivity index (χ2n) is 5.38. The Labute approximate surface area is 134 Å². The van der Waals surface area contributed by atoms with E-state index in [9.17, 15) is 0 Å². The van der Waals surface area contributed by atoms with Gasteiger partial charge in [0.1, 0.15) is 0 Å². The SMILES string of the molecule is CC.Cc1cccc(C2=CC(c3cccc(C)c3)NC=C2)c1. The number of rotatable bonds is 2. The summed E-state index contributed by atoms with van der Waals surface area (Å²) in [5.41, 5.74) is 6.45. The summed E-state index contributed by atoms with van der Waals surface area (Å²) in [5.74, 6) is 0. The van der Waals surface area contributed by atoms with Crippen LogP contribution in [0.3, 0.4) is 0 Å². The third kappa shape index (κ3) is 3.88. The van der Waals surface area contributed by atoms with Crippen molar-refractivity contribution in [3.8, 4) is 0 Å². The minimum Gasteiger partial charge on any atom is -0.381 e. The normalized spacial score (nSPS) is 16.2. The highest BCUT2D eigenvalue weighted by Gasteiger charge is 2.12. The molecule has 1 nitrogen and oxygen atoms in total. The zero-order chi connectivity index (χ0) is 15.9. The second kappa shape index (κ2) is 7.65. The number of dihydropyridines is 1. The van der Waals surface area contributed by atoms with Gasteiger partial charge in [0.05, 0.1) is 6.04 Å². The van der Waals surface area contributed by atoms with Crippen molar-refractivity contribution in [1.29, 1.82) is 0 Å². The average Bonchev–Trinajstić information content (AvgIpc) is 2.57. The van der Waals surface area contributed by atoms with E-state index in [0.717, 1.165) is 0 Å². The predicted octanol–water partition coefficient (Wildman–Crippen LogP) is 5.57. The first kappa shape index (κ1) is 16.1. The lowest BCUT2D eigenvalue weighted by Crippen LogP contribution is -2.16. The Balaban J connectivity index is 0.000000847. The Kier molecular flexibility index (Phi) is 5.60. The summed E-state index contributed by atoms with van der Waals surface area (Å²) in [6.07, 6.45) is 6.48. The van der Waals surface area contributed by atoms with E-state index >= 15 is 0 Å². The molecule has 1 N–H and O–H groups in total. The van der Waals surface area contributed by atoms with Gasteiger partial charge in [0.15, 0.2) is 0 Å². The maximum atomic E-state index is 3.42. The van der Waals surface area contributed by atoms with Crippen molar-refractivity contribution >= 4 is 5.57 Å². The number of allylic oxidation sites excluding steroid dienone is 2. The number of aryl methyl sites for hydroxylation is 2. The van der Waals surface area contributed by atoms with Crippen LogP contribution in [0.5, 0.6) is 0 Å². The second-order valence-corrected chi connectivity index (χ2v) is 5.38. The van der Waals surface area contributed by atoms with Gasteiger partial charge in [0.25, 0.3) is 0 Å². The van der Waals surface area contributed by atoms with E-state index in [1.807, 2.05) is 20.0 Å². The maximum absolute atomic E-state index is 3.42. The zero-order valence-corrected chi connectivity index (χ0v) is 13.9. The zero-order valence-electron chi connectivity index (χ0n) is 13.9. The van der Waals surface area contributed by atoms with Gasteiger partial charge in [-0.1, -0.05) is 73.5 Å². The Morgan fingerprint density at radius 1 is 0.864 bits per heavy atom. The highest BCUT2D eigenvalue weighted by Crippen LogP contribution is 2.26. The molecule has 3 rings (SSSR count). The summed E-state index contributed by atoms with van der Waals surface area (Å²) < 4.78 is 0. The summed E-state index contributed by atoms with van der Waals surface area (Å²) in [7, 11) is 0. The van der Waals surface area contributed by atoms with Crippen LogP contribution in [-0.2, 0) is 0 Å². The van der Waals surface area contributed by atoms with Gasteiger partial charge in [-0.25, -0.2) is 0 Å². The standard InChI is InChI=1S/C19H19N.C2H6/c1-14-5-3-7-16(11-14)17-9-10-20-19(13-17)18-8-4-6-15(2)12-18;1-2/h3-13,19-20H,1-2H3;1-2H3. The Morgan fingerprint density at radius 2 is 1.55 bits per heavy atom. The molecule has 0 spiro atoms. The number of benzene rings is 2. The third-order valence-electron chi connectivity index (χ3n) is 3.64. The number of hydrogen-bond donors (Lipinski definition) is 1. The van der Waals surface area contributed by atoms with Crippen molar-refractivity contribution < 1.29 is 0 Å². The van der Waals surface area contributed by atoms with E-state index in [4.69, 9.17) is 0 Å². The molecule has 22 heavy (non-hydrogen) atoms. The smallest absolute Gasteiger partial charge is 0.0701 e. The first-order valence-electron chi connectivity index (χ1n) is 8.00. The predicted molar refractivity (Wildman–Crippen MR) is 96.7 cm³/mol. The molecule has 0 aromatic heterocycles. The largest absolute Gasteiger partial charge is 0.381 e. The van der Waals surface area contributed by atoms with Gasteiger partial charge in [-0.2, -0.15) is 0 Å². The number of hydrogen-bond acceptors (Lipinski definition) is 1. The van der Waals surface area contributed by atoms with Crippen molar-refractivity contribution in [2.24, 2.45) is 0 Å². The van der Waals surface area contributed by atoms with Gasteiger partial charge >= 0.3 is 0 Å². The molecule has 0 saturated carbocycles. The Hall–Kier alpha value is -2.28. The van der Waals surface area contributed by atoms with E-state index < -0.39 is 0 Å². The van der Waals surface area contributed by atoms with Gasteiger partial charge in [0, 0.05) is 0 Å². The van der Waals surface area contributed by atoms with Gasteiger partial charge in [0.2, 0.25) is 0 Å². The average molecular weight is 291 g/mol. The molecule has 1 aliphatic heterocycles. The maximum Gasteiger partial charge on any atom is 0.0701 e. The van der Waals surface area contributed by atoms with Crippen LogP contribution >= 0.6 is 0 Å². The molecule has 0 amide bonds. The molecule has 1 aliphatic rings. The first-order valence-corrected chi connectivity index (χ1v) is 8.00. The molecule has 1 unspecified atom stereocenters. The van der Waals surface area contributed by atoms with Crippen molar-refractivity contribution in [2.45, 2.75) is 33.7 Å². The molecule has 2 aromatic rings. The van der Waals surface area contributed by atoms with Crippen molar-refractivity contribution in [1.82, 2.24) is 5.32 Å². The van der Waals surface area contributed by atoms with Crippen LogP contribution in [0.25, 0.3) is 5.57 Å². The van der Waals surface area contributed by atoms with E-state index in [1.165, 1.54) is 27.8 Å². The van der Waals surface area contributed by atoms with Crippen molar-refractivity contribution in [3.05, 3.63) is 89.1 Å². The van der Waals surface area contributed by atoms with Crippen LogP contribution in [0.2, 0.25) is 0 Å². The third-order valence-corrected chi connectivity index (χ3v) is 3.64. The molecule has 0 fully saturated rings. The quantitative estimate of drug-likeness (QED) is 0.762. The highest BCUT2D eigenvalue weighted by molar-refractivity contribution is 5.75. The molecule has 0 bridgehead atoms. The lowest BCUT2D eigenvalue weighted by atomic mass is 9.95. The van der Waals surface area contributed by atoms with E-state index in [1.54, 1.807) is 0 Å².